The van der Waals surface area contributed by atoms with Crippen molar-refractivity contribution >= 4 is 17.3 Å². The first-order valence-electron chi connectivity index (χ1n) is 8.51. The molecule has 0 aliphatic carbocycles. The van der Waals surface area contributed by atoms with E-state index in [-0.39, 0.29) is 5.69 Å². The van der Waals surface area contributed by atoms with Gasteiger partial charge in [-0.15, -0.1) is 0 Å². The van der Waals surface area contributed by atoms with Gasteiger partial charge in [-0.3, -0.25) is 9.78 Å². The van der Waals surface area contributed by atoms with Crippen LogP contribution in [0.15, 0.2) is 73.1 Å². The summed E-state index contributed by atoms with van der Waals surface area (Å²) in [6.07, 6.45) is 5.08. The summed E-state index contributed by atoms with van der Waals surface area (Å²) in [6.45, 7) is 0.773. The zero-order valence-corrected chi connectivity index (χ0v) is 14.3. The van der Waals surface area contributed by atoms with Gasteiger partial charge in [0.15, 0.2) is 0 Å². The minimum Gasteiger partial charge on any atom is -0.384 e. The molecule has 1 heterocycles. The number of para-hydroxylation sites is 1. The Morgan fingerprint density at radius 1 is 1.00 bits per heavy atom. The molecule has 2 N–H and O–H groups in total. The molecule has 132 valence electrons. The van der Waals surface area contributed by atoms with Crippen molar-refractivity contribution in [1.29, 1.82) is 0 Å². The summed E-state index contributed by atoms with van der Waals surface area (Å²) >= 11 is 0. The molecule has 0 bridgehead atoms. The molecule has 0 aliphatic heterocycles. The summed E-state index contributed by atoms with van der Waals surface area (Å²) in [6, 6.07) is 18.1. The van der Waals surface area contributed by atoms with Crippen LogP contribution < -0.4 is 10.6 Å². The molecule has 0 saturated heterocycles. The van der Waals surface area contributed by atoms with Gasteiger partial charge < -0.3 is 10.6 Å². The van der Waals surface area contributed by atoms with Crippen molar-refractivity contribution in [1.82, 2.24) is 4.98 Å². The lowest BCUT2D eigenvalue weighted by Crippen LogP contribution is -2.14. The fourth-order valence-electron chi connectivity index (χ4n) is 2.59. The molecule has 3 rings (SSSR count). The largest absolute Gasteiger partial charge is 0.384 e. The van der Waals surface area contributed by atoms with Gasteiger partial charge in [-0.1, -0.05) is 42.5 Å². The van der Waals surface area contributed by atoms with E-state index in [1.54, 1.807) is 24.4 Å². The average molecular weight is 349 g/mol. The number of nitrogens with one attached hydrogen (secondary N) is 2. The smallest absolute Gasteiger partial charge is 0.257 e. The number of pyridine rings is 1. The maximum atomic E-state index is 13.6. The number of halogens is 1. The maximum absolute atomic E-state index is 13.6. The van der Waals surface area contributed by atoms with Crippen molar-refractivity contribution in [3.8, 4) is 0 Å². The van der Waals surface area contributed by atoms with E-state index in [4.69, 9.17) is 0 Å². The third-order valence-corrected chi connectivity index (χ3v) is 3.94. The second kappa shape index (κ2) is 8.76. The molecule has 1 aromatic heterocycles. The summed E-state index contributed by atoms with van der Waals surface area (Å²) in [5.41, 5.74) is 2.59. The number of hydrogen-bond donors (Lipinski definition) is 2. The number of aryl methyl sites for hydroxylation is 1. The molecule has 0 unspecified atom stereocenters. The number of anilines is 2. The van der Waals surface area contributed by atoms with Crippen LogP contribution in [0.5, 0.6) is 0 Å². The van der Waals surface area contributed by atoms with E-state index >= 15 is 0 Å². The van der Waals surface area contributed by atoms with E-state index in [0.717, 1.165) is 25.1 Å². The van der Waals surface area contributed by atoms with Gasteiger partial charge in [0.1, 0.15) is 5.82 Å². The van der Waals surface area contributed by atoms with Gasteiger partial charge in [0.05, 0.1) is 16.9 Å². The van der Waals surface area contributed by atoms with Crippen molar-refractivity contribution < 1.29 is 9.18 Å². The molecule has 1 amide bonds. The van der Waals surface area contributed by atoms with Crippen LogP contribution in [-0.4, -0.2) is 17.4 Å². The number of rotatable bonds is 7. The second-order valence-corrected chi connectivity index (χ2v) is 5.91. The fraction of sp³-hybridized carbons (Fsp3) is 0.143. The zero-order chi connectivity index (χ0) is 18.2. The zero-order valence-electron chi connectivity index (χ0n) is 14.3. The molecule has 0 fully saturated rings. The summed E-state index contributed by atoms with van der Waals surface area (Å²) in [4.78, 5) is 16.4. The van der Waals surface area contributed by atoms with Crippen LogP contribution in [0.1, 0.15) is 22.3 Å². The van der Waals surface area contributed by atoms with Crippen LogP contribution in [0.25, 0.3) is 0 Å². The van der Waals surface area contributed by atoms with Gasteiger partial charge in [0, 0.05) is 18.9 Å². The molecule has 26 heavy (non-hydrogen) atoms. The minimum atomic E-state index is -0.469. The summed E-state index contributed by atoms with van der Waals surface area (Å²) in [5, 5.41) is 5.83. The molecular weight excluding hydrogens is 329 g/mol. The Morgan fingerprint density at radius 3 is 2.58 bits per heavy atom. The van der Waals surface area contributed by atoms with Crippen molar-refractivity contribution in [2.24, 2.45) is 0 Å². The van der Waals surface area contributed by atoms with Gasteiger partial charge in [-0.25, -0.2) is 4.39 Å². The van der Waals surface area contributed by atoms with E-state index < -0.39 is 11.7 Å². The minimum absolute atomic E-state index is 0.152. The quantitative estimate of drug-likeness (QED) is 0.617. The van der Waals surface area contributed by atoms with Crippen LogP contribution in [0, 0.1) is 5.82 Å². The first-order chi connectivity index (χ1) is 12.7. The molecule has 5 heteroatoms. The lowest BCUT2D eigenvalue weighted by molar-refractivity contribution is 0.102. The van der Waals surface area contributed by atoms with E-state index in [1.165, 1.54) is 23.9 Å². The van der Waals surface area contributed by atoms with Crippen molar-refractivity contribution in [3.05, 3.63) is 90.0 Å². The number of aromatic nitrogens is 1. The van der Waals surface area contributed by atoms with E-state index in [9.17, 15) is 9.18 Å². The van der Waals surface area contributed by atoms with E-state index in [2.05, 4.69) is 27.8 Å². The molecule has 4 nitrogen and oxygen atoms in total. The number of amides is 1. The number of benzene rings is 2. The highest BCUT2D eigenvalue weighted by Gasteiger charge is 2.10. The molecule has 0 radical (unpaired) electrons. The molecule has 0 atom stereocenters. The van der Waals surface area contributed by atoms with Crippen molar-refractivity contribution in [2.75, 3.05) is 17.2 Å². The predicted molar refractivity (Wildman–Crippen MR) is 102 cm³/mol. The third kappa shape index (κ3) is 4.89. The van der Waals surface area contributed by atoms with Gasteiger partial charge in [0.25, 0.3) is 5.91 Å². The third-order valence-electron chi connectivity index (χ3n) is 3.94. The SMILES string of the molecule is O=C(Nc1ccccc1F)c1cncc(NCCCc2ccccc2)c1. The average Bonchev–Trinajstić information content (AvgIpc) is 2.68. The lowest BCUT2D eigenvalue weighted by Gasteiger charge is -2.09. The monoisotopic (exact) mass is 349 g/mol. The molecular formula is C21H20FN3O. The topological polar surface area (TPSA) is 54.0 Å². The highest BCUT2D eigenvalue weighted by atomic mass is 19.1. The number of carbonyl (C=O) groups excluding carboxylic acids is 1. The predicted octanol–water partition coefficient (Wildman–Crippen LogP) is 4.52. The first kappa shape index (κ1) is 17.6. The summed E-state index contributed by atoms with van der Waals surface area (Å²) < 4.78 is 13.6. The Hall–Kier alpha value is -3.21. The molecule has 0 spiro atoms. The van der Waals surface area contributed by atoms with Gasteiger partial charge >= 0.3 is 0 Å². The van der Waals surface area contributed by atoms with Gasteiger partial charge in [0.2, 0.25) is 0 Å². The van der Waals surface area contributed by atoms with Gasteiger partial charge in [-0.2, -0.15) is 0 Å². The van der Waals surface area contributed by atoms with Crippen LogP contribution in [-0.2, 0) is 6.42 Å². The van der Waals surface area contributed by atoms with E-state index in [1.807, 2.05) is 18.2 Å². The first-order valence-corrected chi connectivity index (χ1v) is 8.51. The Balaban J connectivity index is 1.54. The molecule has 0 aliphatic rings. The Labute approximate surface area is 152 Å². The highest BCUT2D eigenvalue weighted by Crippen LogP contribution is 2.15. The van der Waals surface area contributed by atoms with Crippen molar-refractivity contribution in [2.45, 2.75) is 12.8 Å². The van der Waals surface area contributed by atoms with Gasteiger partial charge in [-0.05, 0) is 36.6 Å². The number of nitrogens with zero attached hydrogens (tertiary/aromatic N) is 1. The number of carbonyl (C=O) groups is 1. The lowest BCUT2D eigenvalue weighted by atomic mass is 10.1. The van der Waals surface area contributed by atoms with Crippen molar-refractivity contribution in [3.63, 3.8) is 0 Å². The summed E-state index contributed by atoms with van der Waals surface area (Å²) in [5.74, 6) is -0.862. The Morgan fingerprint density at radius 2 is 1.77 bits per heavy atom. The maximum Gasteiger partial charge on any atom is 0.257 e. The summed E-state index contributed by atoms with van der Waals surface area (Å²) in [7, 11) is 0. The van der Waals surface area contributed by atoms with Crippen LogP contribution >= 0.6 is 0 Å². The highest BCUT2D eigenvalue weighted by molar-refractivity contribution is 6.04. The van der Waals surface area contributed by atoms with Crippen LogP contribution in [0.4, 0.5) is 15.8 Å². The number of hydrogen-bond acceptors (Lipinski definition) is 3. The molecule has 3 aromatic rings. The standard InChI is InChI=1S/C21H20FN3O/c22-19-10-4-5-11-20(19)25-21(26)17-13-18(15-23-14-17)24-12-6-9-16-7-2-1-3-8-16/h1-5,7-8,10-11,13-15,24H,6,9,12H2,(H,25,26). The normalized spacial score (nSPS) is 10.3. The van der Waals surface area contributed by atoms with Crippen LogP contribution in [0.2, 0.25) is 0 Å². The Kier molecular flexibility index (Phi) is 5.93. The molecule has 2 aromatic carbocycles. The second-order valence-electron chi connectivity index (χ2n) is 5.91. The van der Waals surface area contributed by atoms with Crippen LogP contribution in [0.3, 0.4) is 0 Å². The molecule has 0 saturated carbocycles. The Bertz CT molecular complexity index is 868. The van der Waals surface area contributed by atoms with E-state index in [0.29, 0.717) is 5.56 Å². The fourth-order valence-corrected chi connectivity index (χ4v) is 2.59.